The maximum Gasteiger partial charge on any atom is 0.404 e. The summed E-state index contributed by atoms with van der Waals surface area (Å²) < 4.78 is 73.8. The molecule has 0 radical (unpaired) electrons. The van der Waals surface area contributed by atoms with Gasteiger partial charge in [-0.1, -0.05) is 38.2 Å². The molecule has 9 heteroatoms. The molecule has 1 aliphatic carbocycles. The van der Waals surface area contributed by atoms with E-state index in [2.05, 4.69) is 6.58 Å². The molecule has 1 saturated carbocycles. The fraction of sp³-hybridized carbons (Fsp3) is 0.842. The topological polar surface area (TPSA) is 58.6 Å². The van der Waals surface area contributed by atoms with Gasteiger partial charge in [0.15, 0.2) is 0 Å². The predicted molar refractivity (Wildman–Crippen MR) is 92.7 cm³/mol. The number of nitrogens with one attached hydrogen (secondary N) is 1. The van der Waals surface area contributed by atoms with Crippen LogP contribution < -0.4 is 5.32 Å². The number of aliphatic hydroxyl groups is 1. The van der Waals surface area contributed by atoms with Crippen LogP contribution in [0.1, 0.15) is 39.0 Å². The fourth-order valence-electron chi connectivity index (χ4n) is 4.92. The molecule has 0 amide bonds. The first-order valence-corrected chi connectivity index (χ1v) is 9.71. The molecule has 0 aromatic carbocycles. The van der Waals surface area contributed by atoms with E-state index in [1.165, 1.54) is 6.92 Å². The normalized spacial score (nSPS) is 33.5. The summed E-state index contributed by atoms with van der Waals surface area (Å²) in [5.41, 5.74) is 0. The van der Waals surface area contributed by atoms with E-state index in [4.69, 9.17) is 4.74 Å². The van der Waals surface area contributed by atoms with Gasteiger partial charge >= 0.3 is 12.1 Å². The lowest BCUT2D eigenvalue weighted by molar-refractivity contribution is -0.212. The first-order chi connectivity index (χ1) is 13.1. The van der Waals surface area contributed by atoms with Crippen LogP contribution in [0.5, 0.6) is 0 Å². The number of halogens is 5. The average molecular weight is 413 g/mol. The molecule has 1 saturated heterocycles. The minimum atomic E-state index is -4.92. The summed E-state index contributed by atoms with van der Waals surface area (Å²) in [6, 6.07) is -4.36. The minimum absolute atomic E-state index is 0.121. The Labute approximate surface area is 161 Å². The molecule has 6 unspecified atom stereocenters. The second-order valence-electron chi connectivity index (χ2n) is 7.60. The second kappa shape index (κ2) is 9.52. The third kappa shape index (κ3) is 4.84. The summed E-state index contributed by atoms with van der Waals surface area (Å²) in [6.45, 7) is 4.78. The van der Waals surface area contributed by atoms with Crippen molar-refractivity contribution < 1.29 is 36.6 Å². The maximum absolute atomic E-state index is 13.8. The van der Waals surface area contributed by atoms with Crippen LogP contribution in [-0.4, -0.2) is 48.5 Å². The molecule has 2 fully saturated rings. The van der Waals surface area contributed by atoms with Crippen molar-refractivity contribution in [3.05, 3.63) is 12.7 Å². The summed E-state index contributed by atoms with van der Waals surface area (Å²) in [5, 5.41) is 12.3. The van der Waals surface area contributed by atoms with Gasteiger partial charge in [0.2, 0.25) is 0 Å². The number of carbonyl (C=O) groups excluding carboxylic acids is 1. The van der Waals surface area contributed by atoms with Crippen LogP contribution in [-0.2, 0) is 9.53 Å². The number of rotatable bonds is 6. The molecule has 0 aromatic heterocycles. The van der Waals surface area contributed by atoms with Crippen molar-refractivity contribution >= 4 is 5.97 Å². The molecule has 2 rings (SSSR count). The van der Waals surface area contributed by atoms with Crippen molar-refractivity contribution in [2.24, 2.45) is 23.7 Å². The first-order valence-electron chi connectivity index (χ1n) is 9.71. The number of esters is 1. The van der Waals surface area contributed by atoms with E-state index in [-0.39, 0.29) is 12.5 Å². The highest BCUT2D eigenvalue weighted by Crippen LogP contribution is 2.48. The predicted octanol–water partition coefficient (Wildman–Crippen LogP) is 3.69. The summed E-state index contributed by atoms with van der Waals surface area (Å²) in [7, 11) is 0. The van der Waals surface area contributed by atoms with Crippen LogP contribution in [0.3, 0.4) is 0 Å². The molecule has 162 valence electrons. The summed E-state index contributed by atoms with van der Waals surface area (Å²) in [4.78, 5) is 12.6. The van der Waals surface area contributed by atoms with Crippen molar-refractivity contribution in [2.75, 3.05) is 6.61 Å². The molecular weight excluding hydrogens is 385 g/mol. The van der Waals surface area contributed by atoms with Gasteiger partial charge in [-0.2, -0.15) is 13.2 Å². The van der Waals surface area contributed by atoms with Gasteiger partial charge in [0.1, 0.15) is 6.04 Å². The van der Waals surface area contributed by atoms with Crippen LogP contribution in [0.2, 0.25) is 0 Å². The molecule has 2 N–H and O–H groups in total. The molecule has 1 aliphatic heterocycles. The van der Waals surface area contributed by atoms with E-state index in [1.807, 2.05) is 5.32 Å². The zero-order valence-electron chi connectivity index (χ0n) is 15.8. The standard InChI is InChI=1S/C19H28F5NO3/c1-3-11(26)13-12(10-8-6-5-7-9-10)14(18(27)28-4-2)16(19(22,23)24)25-15(13)17(20)21/h3,10-17,25-26H,1,4-9H2,2H3. The number of alkyl halides is 5. The van der Waals surface area contributed by atoms with Crippen molar-refractivity contribution in [3.63, 3.8) is 0 Å². The average Bonchev–Trinajstić information content (AvgIpc) is 2.65. The highest BCUT2D eigenvalue weighted by molar-refractivity contribution is 5.74. The van der Waals surface area contributed by atoms with Gasteiger partial charge in [0.05, 0.1) is 24.7 Å². The summed E-state index contributed by atoms with van der Waals surface area (Å²) in [6.07, 6.45) is -5.02. The number of hydrogen-bond donors (Lipinski definition) is 2. The van der Waals surface area contributed by atoms with Crippen molar-refractivity contribution in [3.8, 4) is 0 Å². The Morgan fingerprint density at radius 3 is 2.36 bits per heavy atom. The third-order valence-electron chi connectivity index (χ3n) is 6.02. The highest BCUT2D eigenvalue weighted by atomic mass is 19.4. The number of piperidine rings is 1. The van der Waals surface area contributed by atoms with Crippen molar-refractivity contribution in [2.45, 2.75) is 69.8 Å². The SMILES string of the molecule is C=CC(O)C1C(C(F)F)NC(C(F)(F)F)C(C(=O)OCC)C1C1CCCCC1. The van der Waals surface area contributed by atoms with Crippen LogP contribution in [0.25, 0.3) is 0 Å². The van der Waals surface area contributed by atoms with E-state index in [0.717, 1.165) is 25.3 Å². The van der Waals surface area contributed by atoms with Crippen molar-refractivity contribution in [1.29, 1.82) is 0 Å². The van der Waals surface area contributed by atoms with Gasteiger partial charge in [0.25, 0.3) is 6.43 Å². The number of aliphatic hydroxyl groups excluding tert-OH is 1. The Bertz CT molecular complexity index is 536. The van der Waals surface area contributed by atoms with E-state index < -0.39 is 54.5 Å². The van der Waals surface area contributed by atoms with Gasteiger partial charge in [0, 0.05) is 5.92 Å². The minimum Gasteiger partial charge on any atom is -0.466 e. The zero-order valence-corrected chi connectivity index (χ0v) is 15.8. The zero-order chi connectivity index (χ0) is 21.1. The molecule has 0 bridgehead atoms. The van der Waals surface area contributed by atoms with Crippen LogP contribution in [0, 0.1) is 23.7 Å². The van der Waals surface area contributed by atoms with Gasteiger partial charge < -0.3 is 9.84 Å². The molecule has 0 aromatic rings. The maximum atomic E-state index is 13.8. The van der Waals surface area contributed by atoms with Crippen LogP contribution in [0.4, 0.5) is 22.0 Å². The van der Waals surface area contributed by atoms with Gasteiger partial charge in [-0.3, -0.25) is 10.1 Å². The smallest absolute Gasteiger partial charge is 0.404 e. The molecule has 28 heavy (non-hydrogen) atoms. The fourth-order valence-corrected chi connectivity index (χ4v) is 4.92. The Morgan fingerprint density at radius 2 is 1.89 bits per heavy atom. The third-order valence-corrected chi connectivity index (χ3v) is 6.02. The lowest BCUT2D eigenvalue weighted by Crippen LogP contribution is -2.68. The Morgan fingerprint density at radius 1 is 1.29 bits per heavy atom. The molecule has 0 spiro atoms. The van der Waals surface area contributed by atoms with E-state index in [1.54, 1.807) is 0 Å². The number of ether oxygens (including phenoxy) is 1. The second-order valence-corrected chi connectivity index (χ2v) is 7.60. The summed E-state index contributed by atoms with van der Waals surface area (Å²) >= 11 is 0. The molecule has 2 aliphatic rings. The van der Waals surface area contributed by atoms with Crippen LogP contribution in [0.15, 0.2) is 12.7 Å². The van der Waals surface area contributed by atoms with Gasteiger partial charge in [-0.25, -0.2) is 8.78 Å². The Balaban J connectivity index is 2.58. The Hall–Kier alpha value is -1.22. The molecule has 1 heterocycles. The van der Waals surface area contributed by atoms with E-state index >= 15 is 0 Å². The highest BCUT2D eigenvalue weighted by Gasteiger charge is 2.61. The molecular formula is C19H28F5NO3. The Kier molecular flexibility index (Phi) is 7.84. The lowest BCUT2D eigenvalue weighted by Gasteiger charge is -2.51. The van der Waals surface area contributed by atoms with Crippen molar-refractivity contribution in [1.82, 2.24) is 5.32 Å². The molecule has 6 atom stereocenters. The largest absolute Gasteiger partial charge is 0.466 e. The number of carbonyl (C=O) groups is 1. The van der Waals surface area contributed by atoms with Gasteiger partial charge in [-0.15, -0.1) is 6.58 Å². The summed E-state index contributed by atoms with van der Waals surface area (Å²) in [5.74, 6) is -5.50. The molecule has 4 nitrogen and oxygen atoms in total. The number of hydrogen-bond acceptors (Lipinski definition) is 4. The monoisotopic (exact) mass is 413 g/mol. The first kappa shape index (κ1) is 23.1. The van der Waals surface area contributed by atoms with Crippen LogP contribution >= 0.6 is 0 Å². The van der Waals surface area contributed by atoms with E-state index in [9.17, 15) is 31.9 Å². The van der Waals surface area contributed by atoms with Gasteiger partial charge in [-0.05, 0) is 18.8 Å². The van der Waals surface area contributed by atoms with E-state index in [0.29, 0.717) is 12.8 Å². The lowest BCUT2D eigenvalue weighted by atomic mass is 9.60. The quantitative estimate of drug-likeness (QED) is 0.396.